The summed E-state index contributed by atoms with van der Waals surface area (Å²) in [5.41, 5.74) is 0.334. The summed E-state index contributed by atoms with van der Waals surface area (Å²) in [5, 5.41) is 18.8. The van der Waals surface area contributed by atoms with Gasteiger partial charge in [0, 0.05) is 12.8 Å². The summed E-state index contributed by atoms with van der Waals surface area (Å²) in [5.74, 6) is -0.818. The van der Waals surface area contributed by atoms with Gasteiger partial charge in [0.2, 0.25) is 0 Å². The molecule has 2 N–H and O–H groups in total. The number of Topliss-reactive ketones (excluding diaryl/α,β-unsaturated/α-hetero) is 1. The second-order valence-electron chi connectivity index (χ2n) is 9.11. The Labute approximate surface area is 154 Å². The lowest BCUT2D eigenvalue weighted by Gasteiger charge is -2.57. The lowest BCUT2D eigenvalue weighted by molar-refractivity contribution is -0.154. The van der Waals surface area contributed by atoms with Crippen molar-refractivity contribution < 1.29 is 24.6 Å². The third kappa shape index (κ3) is 2.80. The number of carboxylic acids is 2. The van der Waals surface area contributed by atoms with E-state index in [0.717, 1.165) is 31.3 Å². The topological polar surface area (TPSA) is 91.7 Å². The van der Waals surface area contributed by atoms with Crippen molar-refractivity contribution in [2.24, 2.45) is 34.5 Å². The largest absolute Gasteiger partial charge is 0.481 e. The Bertz CT molecular complexity index is 665. The van der Waals surface area contributed by atoms with Crippen LogP contribution in [-0.4, -0.2) is 27.9 Å². The summed E-state index contributed by atoms with van der Waals surface area (Å²) >= 11 is 0. The fourth-order valence-electron chi connectivity index (χ4n) is 6.83. The predicted molar refractivity (Wildman–Crippen MR) is 96.5 cm³/mol. The maximum absolute atomic E-state index is 12.6. The van der Waals surface area contributed by atoms with Gasteiger partial charge in [-0.15, -0.1) is 0 Å². The van der Waals surface area contributed by atoms with Crippen molar-refractivity contribution in [2.75, 3.05) is 0 Å². The van der Waals surface area contributed by atoms with Crippen molar-refractivity contribution >= 4 is 17.7 Å². The number of hydrogen-bond donors (Lipinski definition) is 2. The van der Waals surface area contributed by atoms with Crippen LogP contribution in [0.5, 0.6) is 0 Å². The molecule has 0 aromatic carbocycles. The molecule has 3 aliphatic rings. The van der Waals surface area contributed by atoms with Crippen molar-refractivity contribution in [1.29, 1.82) is 0 Å². The van der Waals surface area contributed by atoms with Crippen LogP contribution < -0.4 is 0 Å². The van der Waals surface area contributed by atoms with Gasteiger partial charge in [-0.2, -0.15) is 0 Å². The molecule has 0 aromatic heterocycles. The molecule has 6 atom stereocenters. The van der Waals surface area contributed by atoms with Crippen LogP contribution in [0.15, 0.2) is 11.6 Å². The molecule has 144 valence electrons. The van der Waals surface area contributed by atoms with Crippen LogP contribution in [0, 0.1) is 34.5 Å². The second-order valence-corrected chi connectivity index (χ2v) is 9.11. The first-order valence-electron chi connectivity index (χ1n) is 9.77. The standard InChI is InChI=1S/C21H30O5/c1-4-14-17(22)10-16-13-6-5-12(9-18(23)24)21(3,11-19(25)26)15(13)7-8-20(14,16)2/h4,12-13,15-16H,5-11H2,1-3H3,(H,23,24)(H,25,26)/b14-4+/t12-,13+,15-,16-,20+,21-/m0/s1. The molecule has 0 unspecified atom stereocenters. The van der Waals surface area contributed by atoms with Crippen molar-refractivity contribution in [3.05, 3.63) is 11.6 Å². The number of carbonyl (C=O) groups excluding carboxylic acids is 1. The smallest absolute Gasteiger partial charge is 0.303 e. The average Bonchev–Trinajstić information content (AvgIpc) is 2.79. The summed E-state index contributed by atoms with van der Waals surface area (Å²) in [4.78, 5) is 35.5. The fourth-order valence-corrected chi connectivity index (χ4v) is 6.83. The Morgan fingerprint density at radius 3 is 2.38 bits per heavy atom. The predicted octanol–water partition coefficient (Wildman–Crippen LogP) is 3.92. The fraction of sp³-hybridized carbons (Fsp3) is 0.762. The third-order valence-corrected chi connectivity index (χ3v) is 8.02. The SMILES string of the molecule is C/C=C1\C(=O)C[C@H]2[C@@H]3CC[C@@H](CC(=O)O)[C@](C)(CC(=O)O)[C@H]3CC[C@]12C. The molecular weight excluding hydrogens is 332 g/mol. The van der Waals surface area contributed by atoms with E-state index in [2.05, 4.69) is 6.92 Å². The van der Waals surface area contributed by atoms with Gasteiger partial charge in [0.05, 0.1) is 6.42 Å². The van der Waals surface area contributed by atoms with E-state index in [9.17, 15) is 24.6 Å². The van der Waals surface area contributed by atoms with Crippen LogP contribution in [0.4, 0.5) is 0 Å². The Balaban J connectivity index is 1.96. The van der Waals surface area contributed by atoms with Crippen LogP contribution in [0.1, 0.15) is 65.7 Å². The number of allylic oxidation sites excluding steroid dienone is 2. The van der Waals surface area contributed by atoms with Gasteiger partial charge in [-0.05, 0) is 72.7 Å². The molecular formula is C21H30O5. The molecule has 0 saturated heterocycles. The highest BCUT2D eigenvalue weighted by atomic mass is 16.4. The Morgan fingerprint density at radius 1 is 1.12 bits per heavy atom. The molecule has 5 nitrogen and oxygen atoms in total. The first kappa shape index (κ1) is 19.1. The lowest BCUT2D eigenvalue weighted by atomic mass is 9.46. The van der Waals surface area contributed by atoms with E-state index in [1.807, 2.05) is 19.9 Å². The van der Waals surface area contributed by atoms with Crippen LogP contribution >= 0.6 is 0 Å². The molecule has 0 radical (unpaired) electrons. The summed E-state index contributed by atoms with van der Waals surface area (Å²) in [6.07, 6.45) is 5.99. The van der Waals surface area contributed by atoms with E-state index >= 15 is 0 Å². The van der Waals surface area contributed by atoms with Crippen LogP contribution in [-0.2, 0) is 14.4 Å². The molecule has 3 aliphatic carbocycles. The monoisotopic (exact) mass is 362 g/mol. The van der Waals surface area contributed by atoms with Gasteiger partial charge in [0.1, 0.15) is 0 Å². The lowest BCUT2D eigenvalue weighted by Crippen LogP contribution is -2.52. The number of fused-ring (bicyclic) bond motifs is 3. The molecule has 0 aliphatic heterocycles. The number of ketones is 1. The molecule has 0 spiro atoms. The molecule has 0 amide bonds. The first-order chi connectivity index (χ1) is 12.1. The zero-order chi connectivity index (χ0) is 19.3. The molecule has 3 rings (SSSR count). The van der Waals surface area contributed by atoms with Crippen LogP contribution in [0.2, 0.25) is 0 Å². The van der Waals surface area contributed by atoms with Gasteiger partial charge >= 0.3 is 11.9 Å². The summed E-state index contributed by atoms with van der Waals surface area (Å²) < 4.78 is 0. The van der Waals surface area contributed by atoms with Gasteiger partial charge in [-0.1, -0.05) is 19.9 Å². The molecule has 26 heavy (non-hydrogen) atoms. The van der Waals surface area contributed by atoms with Gasteiger partial charge in [0.15, 0.2) is 5.78 Å². The minimum Gasteiger partial charge on any atom is -0.481 e. The third-order valence-electron chi connectivity index (χ3n) is 8.02. The zero-order valence-electron chi connectivity index (χ0n) is 16.0. The maximum Gasteiger partial charge on any atom is 0.303 e. The van der Waals surface area contributed by atoms with Gasteiger partial charge < -0.3 is 10.2 Å². The van der Waals surface area contributed by atoms with E-state index < -0.39 is 17.4 Å². The molecule has 3 fully saturated rings. The molecule has 3 saturated carbocycles. The number of aliphatic carboxylic acids is 2. The number of carbonyl (C=O) groups is 3. The van der Waals surface area contributed by atoms with Crippen LogP contribution in [0.25, 0.3) is 0 Å². The van der Waals surface area contributed by atoms with Crippen molar-refractivity contribution in [3.63, 3.8) is 0 Å². The Kier molecular flexibility index (Phi) is 4.78. The minimum atomic E-state index is -0.853. The quantitative estimate of drug-likeness (QED) is 0.740. The van der Waals surface area contributed by atoms with E-state index in [0.29, 0.717) is 12.3 Å². The number of hydrogen-bond acceptors (Lipinski definition) is 3. The summed E-state index contributed by atoms with van der Waals surface area (Å²) in [6, 6.07) is 0. The molecule has 0 bridgehead atoms. The zero-order valence-corrected chi connectivity index (χ0v) is 16.0. The van der Waals surface area contributed by atoms with Gasteiger partial charge in [-0.25, -0.2) is 0 Å². The van der Waals surface area contributed by atoms with E-state index in [1.54, 1.807) is 0 Å². The van der Waals surface area contributed by atoms with E-state index in [-0.39, 0.29) is 41.8 Å². The highest BCUT2D eigenvalue weighted by molar-refractivity contribution is 5.99. The van der Waals surface area contributed by atoms with Crippen molar-refractivity contribution in [1.82, 2.24) is 0 Å². The molecule has 0 heterocycles. The van der Waals surface area contributed by atoms with Gasteiger partial charge in [-0.3, -0.25) is 14.4 Å². The summed E-state index contributed by atoms with van der Waals surface area (Å²) in [7, 11) is 0. The average molecular weight is 362 g/mol. The Hall–Kier alpha value is -1.65. The maximum atomic E-state index is 12.6. The van der Waals surface area contributed by atoms with E-state index in [4.69, 9.17) is 0 Å². The highest BCUT2D eigenvalue weighted by Crippen LogP contribution is 2.65. The minimum absolute atomic E-state index is 0.0139. The molecule has 5 heteroatoms. The normalized spacial score (nSPS) is 43.8. The second kappa shape index (κ2) is 6.50. The number of rotatable bonds is 4. The van der Waals surface area contributed by atoms with Crippen molar-refractivity contribution in [3.8, 4) is 0 Å². The van der Waals surface area contributed by atoms with Crippen molar-refractivity contribution in [2.45, 2.75) is 65.7 Å². The number of carboxylic acid groups (broad SMARTS) is 2. The first-order valence-corrected chi connectivity index (χ1v) is 9.77. The summed E-state index contributed by atoms with van der Waals surface area (Å²) in [6.45, 7) is 6.12. The Morgan fingerprint density at radius 2 is 1.81 bits per heavy atom. The van der Waals surface area contributed by atoms with E-state index in [1.165, 1.54) is 0 Å². The van der Waals surface area contributed by atoms with Gasteiger partial charge in [0.25, 0.3) is 0 Å². The molecule has 0 aromatic rings. The van der Waals surface area contributed by atoms with Crippen LogP contribution in [0.3, 0.4) is 0 Å². The highest BCUT2D eigenvalue weighted by Gasteiger charge is 2.60.